The second-order valence-electron chi connectivity index (χ2n) is 10.0. The molecule has 2 aromatic heterocycles. The number of imidazole rings is 1. The molecule has 0 aliphatic carbocycles. The number of aliphatic hydroxyl groups excluding tert-OH is 1. The maximum Gasteiger partial charge on any atom is 0.407 e. The maximum absolute atomic E-state index is 12.4. The summed E-state index contributed by atoms with van der Waals surface area (Å²) >= 11 is 6.90. The van der Waals surface area contributed by atoms with E-state index in [0.717, 1.165) is 0 Å². The second-order valence-corrected chi connectivity index (χ2v) is 10.4. The minimum Gasteiger partial charge on any atom is -0.464 e. The third-order valence-electron chi connectivity index (χ3n) is 7.04. The molecule has 1 fully saturated rings. The van der Waals surface area contributed by atoms with Crippen molar-refractivity contribution >= 4 is 52.5 Å². The van der Waals surface area contributed by atoms with E-state index >= 15 is 0 Å². The molecule has 4 rings (SSSR count). The van der Waals surface area contributed by atoms with E-state index in [-0.39, 0.29) is 29.8 Å². The first-order valence-corrected chi connectivity index (χ1v) is 14.1. The van der Waals surface area contributed by atoms with E-state index in [0.29, 0.717) is 47.9 Å². The Labute approximate surface area is 257 Å². The Morgan fingerprint density at radius 2 is 2.09 bits per heavy atom. The fourth-order valence-electron chi connectivity index (χ4n) is 4.71. The number of nitrogens with two attached hydrogens (primary N) is 1. The summed E-state index contributed by atoms with van der Waals surface area (Å²) in [6.45, 7) is 4.39. The Kier molecular flexibility index (Phi) is 10.2. The van der Waals surface area contributed by atoms with Crippen LogP contribution in [0.5, 0.6) is 0 Å². The highest BCUT2D eigenvalue weighted by Gasteiger charge is 2.34. The number of alkyl carbamates (subject to hydrolysis) is 1. The van der Waals surface area contributed by atoms with Crippen LogP contribution in [0.3, 0.4) is 0 Å². The molecule has 16 nitrogen and oxygen atoms in total. The zero-order valence-electron chi connectivity index (χ0n) is 24.2. The lowest BCUT2D eigenvalue weighted by atomic mass is 9.92. The average Bonchev–Trinajstić information content (AvgIpc) is 3.44. The summed E-state index contributed by atoms with van der Waals surface area (Å²) in [7, 11) is 1.25. The molecule has 0 radical (unpaired) electrons. The molecule has 0 spiro atoms. The first-order chi connectivity index (χ1) is 21.1. The summed E-state index contributed by atoms with van der Waals surface area (Å²) in [4.78, 5) is 35.0. The standard InChI is InChI=1S/C27H32ClN11O5/c1-4-32-23-24-33-11-17(10-30)39(24)37-26(36-23)34-19-7-15(9-29)8-20(21(19)28)38-6-5-18(35-27(42)43-3)16(12-38)13-44-25(41)22(31)14(2)40/h7-8,11,14,16,18,22,40H,4-6,12-13,31H2,1-3H3,(H,35,42)(H2,32,34,36,37). The number of hydrogen-bond donors (Lipinski definition) is 5. The van der Waals surface area contributed by atoms with Crippen molar-refractivity contribution in [2.24, 2.45) is 11.7 Å². The van der Waals surface area contributed by atoms with Crippen molar-refractivity contribution in [3.05, 3.63) is 34.6 Å². The van der Waals surface area contributed by atoms with E-state index in [2.05, 4.69) is 37.1 Å². The summed E-state index contributed by atoms with van der Waals surface area (Å²) < 4.78 is 11.5. The molecule has 0 bridgehead atoms. The molecular formula is C27H32ClN11O5. The lowest BCUT2D eigenvalue weighted by Crippen LogP contribution is -2.53. The van der Waals surface area contributed by atoms with Crippen LogP contribution >= 0.6 is 11.6 Å². The number of ether oxygens (including phenoxy) is 2. The molecule has 232 valence electrons. The summed E-state index contributed by atoms with van der Waals surface area (Å²) in [6, 6.07) is 5.71. The van der Waals surface area contributed by atoms with E-state index in [9.17, 15) is 25.2 Å². The molecule has 4 unspecified atom stereocenters. The molecule has 44 heavy (non-hydrogen) atoms. The highest BCUT2D eigenvalue weighted by molar-refractivity contribution is 6.36. The zero-order valence-corrected chi connectivity index (χ0v) is 25.0. The summed E-state index contributed by atoms with van der Waals surface area (Å²) in [5.74, 6) is -0.708. The summed E-state index contributed by atoms with van der Waals surface area (Å²) in [6.07, 6.45) is 0.0776. The van der Waals surface area contributed by atoms with Gasteiger partial charge in [0.15, 0.2) is 17.2 Å². The number of nitrogens with one attached hydrogen (secondary N) is 3. The number of rotatable bonds is 10. The van der Waals surface area contributed by atoms with E-state index in [1.807, 2.05) is 17.9 Å². The highest BCUT2D eigenvalue weighted by Crippen LogP contribution is 2.38. The predicted molar refractivity (Wildman–Crippen MR) is 159 cm³/mol. The highest BCUT2D eigenvalue weighted by atomic mass is 35.5. The van der Waals surface area contributed by atoms with Gasteiger partial charge in [-0.1, -0.05) is 11.6 Å². The van der Waals surface area contributed by atoms with Crippen molar-refractivity contribution in [2.75, 3.05) is 48.9 Å². The molecule has 1 aliphatic rings. The SMILES string of the molecule is CCNc1nc(Nc2cc(C#N)cc(N3CCC(NC(=O)OC)C(COC(=O)C(N)C(C)O)C3)c2Cl)nn2c(C#N)cnc12. The number of fused-ring (bicyclic) bond motifs is 1. The van der Waals surface area contributed by atoms with Crippen molar-refractivity contribution in [1.82, 2.24) is 24.9 Å². The third kappa shape index (κ3) is 7.00. The van der Waals surface area contributed by atoms with Gasteiger partial charge >= 0.3 is 12.1 Å². The molecule has 1 aliphatic heterocycles. The van der Waals surface area contributed by atoms with Crippen molar-refractivity contribution < 1.29 is 24.2 Å². The van der Waals surface area contributed by atoms with Crippen LogP contribution in [-0.4, -0.2) is 88.3 Å². The van der Waals surface area contributed by atoms with Gasteiger partial charge in [0.05, 0.1) is 54.0 Å². The van der Waals surface area contributed by atoms with Crippen LogP contribution in [0.1, 0.15) is 31.5 Å². The van der Waals surface area contributed by atoms with Gasteiger partial charge < -0.3 is 41.2 Å². The van der Waals surface area contributed by atoms with Crippen LogP contribution in [0, 0.1) is 28.6 Å². The van der Waals surface area contributed by atoms with E-state index in [1.54, 1.807) is 12.1 Å². The van der Waals surface area contributed by atoms with Gasteiger partial charge in [0.1, 0.15) is 12.1 Å². The van der Waals surface area contributed by atoms with E-state index in [4.69, 9.17) is 26.8 Å². The van der Waals surface area contributed by atoms with Crippen LogP contribution in [-0.2, 0) is 14.3 Å². The number of hydrogen-bond acceptors (Lipinski definition) is 14. The lowest BCUT2D eigenvalue weighted by molar-refractivity contribution is -0.149. The average molecular weight is 626 g/mol. The normalized spacial score (nSPS) is 17.6. The van der Waals surface area contributed by atoms with Gasteiger partial charge in [0.2, 0.25) is 5.95 Å². The van der Waals surface area contributed by atoms with Crippen LogP contribution in [0.2, 0.25) is 5.02 Å². The number of benzene rings is 1. The van der Waals surface area contributed by atoms with Gasteiger partial charge in [0.25, 0.3) is 0 Å². The Hall–Kier alpha value is -4.90. The van der Waals surface area contributed by atoms with Gasteiger partial charge in [0, 0.05) is 31.6 Å². The number of nitrogens with zero attached hydrogens (tertiary/aromatic N) is 7. The van der Waals surface area contributed by atoms with Gasteiger partial charge in [-0.15, -0.1) is 5.10 Å². The smallest absolute Gasteiger partial charge is 0.407 e. The Balaban J connectivity index is 1.65. The first-order valence-electron chi connectivity index (χ1n) is 13.7. The van der Waals surface area contributed by atoms with Crippen LogP contribution in [0.25, 0.3) is 5.65 Å². The number of aromatic nitrogens is 4. The van der Waals surface area contributed by atoms with Crippen LogP contribution in [0.4, 0.5) is 27.9 Å². The summed E-state index contributed by atoms with van der Waals surface area (Å²) in [5.41, 5.74) is 7.42. The van der Waals surface area contributed by atoms with Gasteiger partial charge in [-0.2, -0.15) is 20.0 Å². The molecular weight excluding hydrogens is 594 g/mol. The molecule has 4 atom stereocenters. The number of carbonyl (C=O) groups is 2. The predicted octanol–water partition coefficient (Wildman–Crippen LogP) is 1.50. The van der Waals surface area contributed by atoms with Crippen molar-refractivity contribution in [3.63, 3.8) is 0 Å². The lowest BCUT2D eigenvalue weighted by Gasteiger charge is -2.40. The largest absolute Gasteiger partial charge is 0.464 e. The number of halogens is 1. The number of amides is 1. The van der Waals surface area contributed by atoms with E-state index < -0.39 is 36.2 Å². The minimum atomic E-state index is -1.22. The van der Waals surface area contributed by atoms with Crippen molar-refractivity contribution in [2.45, 2.75) is 38.5 Å². The molecule has 1 saturated heterocycles. The molecule has 0 saturated carbocycles. The number of esters is 1. The van der Waals surface area contributed by atoms with E-state index in [1.165, 1.54) is 24.7 Å². The molecule has 1 aromatic carbocycles. The fraction of sp³-hybridized carbons (Fsp3) is 0.444. The molecule has 17 heteroatoms. The number of nitriles is 2. The monoisotopic (exact) mass is 625 g/mol. The Morgan fingerprint density at radius 1 is 1.32 bits per heavy atom. The fourth-order valence-corrected chi connectivity index (χ4v) is 4.99. The minimum absolute atomic E-state index is 0.103. The third-order valence-corrected chi connectivity index (χ3v) is 7.44. The molecule has 3 heterocycles. The maximum atomic E-state index is 12.4. The topological polar surface area (TPSA) is 229 Å². The van der Waals surface area contributed by atoms with Gasteiger partial charge in [-0.05, 0) is 32.4 Å². The van der Waals surface area contributed by atoms with Crippen molar-refractivity contribution in [1.29, 1.82) is 10.5 Å². The van der Waals surface area contributed by atoms with Gasteiger partial charge in [-0.3, -0.25) is 4.79 Å². The van der Waals surface area contributed by atoms with Crippen molar-refractivity contribution in [3.8, 4) is 12.1 Å². The zero-order chi connectivity index (χ0) is 32.0. The number of methoxy groups -OCH3 is 1. The number of aliphatic hydroxyl groups is 1. The molecule has 6 N–H and O–H groups in total. The Bertz CT molecular complexity index is 1620. The number of carbonyl (C=O) groups excluding carboxylic acids is 2. The first kappa shape index (κ1) is 32.0. The van der Waals surface area contributed by atoms with Crippen LogP contribution < -0.4 is 26.6 Å². The number of anilines is 4. The van der Waals surface area contributed by atoms with Crippen LogP contribution in [0.15, 0.2) is 18.3 Å². The molecule has 1 amide bonds. The van der Waals surface area contributed by atoms with Gasteiger partial charge in [-0.25, -0.2) is 9.78 Å². The second kappa shape index (κ2) is 14.0. The quantitative estimate of drug-likeness (QED) is 0.201. The number of piperidine rings is 1. The summed E-state index contributed by atoms with van der Waals surface area (Å²) in [5, 5.41) is 42.6. The molecule has 3 aromatic rings. The Morgan fingerprint density at radius 3 is 2.75 bits per heavy atom.